The Hall–Kier alpha value is -0.990. The topological polar surface area (TPSA) is 51.2 Å². The molecule has 0 atom stereocenters. The van der Waals surface area contributed by atoms with Gasteiger partial charge in [0, 0.05) is 18.3 Å². The van der Waals surface area contributed by atoms with Gasteiger partial charge in [0.05, 0.1) is 0 Å². The van der Waals surface area contributed by atoms with Gasteiger partial charge in [-0.3, -0.25) is 14.4 Å². The third-order valence-corrected chi connectivity index (χ3v) is 2.13. The van der Waals surface area contributed by atoms with Crippen LogP contribution in [0.1, 0.15) is 40.5 Å². The third kappa shape index (κ3) is 3.97. The molecular weight excluding hydrogens is 168 g/mol. The van der Waals surface area contributed by atoms with Crippen LogP contribution in [0.3, 0.4) is 0 Å². The Bertz CT molecular complexity index is 225. The summed E-state index contributed by atoms with van der Waals surface area (Å²) in [6, 6.07) is 0. The van der Waals surface area contributed by atoms with E-state index >= 15 is 0 Å². The average Bonchev–Trinajstić information content (AvgIpc) is 1.82. The summed E-state index contributed by atoms with van der Waals surface area (Å²) >= 11 is 0. The smallest absolute Gasteiger partial charge is 0.136 e. The summed E-state index contributed by atoms with van der Waals surface area (Å²) in [5.41, 5.74) is -0.794. The van der Waals surface area contributed by atoms with Gasteiger partial charge in [0.2, 0.25) is 0 Å². The van der Waals surface area contributed by atoms with Crippen molar-refractivity contribution in [3.63, 3.8) is 0 Å². The zero-order chi connectivity index (χ0) is 10.6. The highest BCUT2D eigenvalue weighted by atomic mass is 16.1. The van der Waals surface area contributed by atoms with E-state index in [2.05, 4.69) is 0 Å². The Morgan fingerprint density at radius 1 is 0.923 bits per heavy atom. The quantitative estimate of drug-likeness (QED) is 0.651. The zero-order valence-corrected chi connectivity index (χ0v) is 8.64. The first-order valence-electron chi connectivity index (χ1n) is 4.28. The lowest BCUT2D eigenvalue weighted by molar-refractivity contribution is -0.134. The highest BCUT2D eigenvalue weighted by molar-refractivity contribution is 5.92. The van der Waals surface area contributed by atoms with Gasteiger partial charge in [-0.15, -0.1) is 0 Å². The molecule has 0 fully saturated rings. The van der Waals surface area contributed by atoms with Crippen molar-refractivity contribution < 1.29 is 14.4 Å². The van der Waals surface area contributed by atoms with Crippen LogP contribution in [0.5, 0.6) is 0 Å². The molecular formula is C10H16O3. The van der Waals surface area contributed by atoms with E-state index in [4.69, 9.17) is 0 Å². The molecule has 0 rings (SSSR count). The monoisotopic (exact) mass is 184 g/mol. The van der Waals surface area contributed by atoms with Crippen LogP contribution < -0.4 is 0 Å². The van der Waals surface area contributed by atoms with Gasteiger partial charge >= 0.3 is 0 Å². The second kappa shape index (κ2) is 4.30. The largest absolute Gasteiger partial charge is 0.300 e. The molecule has 3 heteroatoms. The van der Waals surface area contributed by atoms with E-state index < -0.39 is 5.41 Å². The maximum absolute atomic E-state index is 11.2. The fourth-order valence-corrected chi connectivity index (χ4v) is 1.41. The minimum absolute atomic E-state index is 0.0565. The zero-order valence-electron chi connectivity index (χ0n) is 8.64. The molecule has 0 saturated heterocycles. The molecule has 0 heterocycles. The lowest BCUT2D eigenvalue weighted by Crippen LogP contribution is -2.30. The summed E-state index contributed by atoms with van der Waals surface area (Å²) < 4.78 is 0. The summed E-state index contributed by atoms with van der Waals surface area (Å²) in [4.78, 5) is 33.0. The van der Waals surface area contributed by atoms with Crippen molar-refractivity contribution in [2.24, 2.45) is 5.41 Å². The summed E-state index contributed by atoms with van der Waals surface area (Å²) in [6.45, 7) is 5.95. The molecule has 13 heavy (non-hydrogen) atoms. The molecule has 0 bridgehead atoms. The van der Waals surface area contributed by atoms with Gasteiger partial charge in [-0.25, -0.2) is 0 Å². The van der Waals surface area contributed by atoms with Gasteiger partial charge in [0.1, 0.15) is 17.3 Å². The van der Waals surface area contributed by atoms with E-state index in [1.54, 1.807) is 6.92 Å². The van der Waals surface area contributed by atoms with Crippen LogP contribution in [-0.4, -0.2) is 17.3 Å². The van der Waals surface area contributed by atoms with Gasteiger partial charge in [-0.05, 0) is 20.8 Å². The molecule has 0 amide bonds. The minimum atomic E-state index is -0.794. The molecule has 0 aromatic rings. The first-order chi connectivity index (χ1) is 5.78. The Kier molecular flexibility index (Phi) is 3.98. The van der Waals surface area contributed by atoms with E-state index in [1.807, 2.05) is 0 Å². The van der Waals surface area contributed by atoms with Crippen molar-refractivity contribution in [2.75, 3.05) is 0 Å². The van der Waals surface area contributed by atoms with Gasteiger partial charge in [-0.2, -0.15) is 0 Å². The number of hydrogen-bond acceptors (Lipinski definition) is 3. The van der Waals surface area contributed by atoms with E-state index in [1.165, 1.54) is 20.8 Å². The fraction of sp³-hybridized carbons (Fsp3) is 0.700. The maximum atomic E-state index is 11.2. The first-order valence-corrected chi connectivity index (χ1v) is 4.28. The van der Waals surface area contributed by atoms with Crippen LogP contribution in [0.25, 0.3) is 0 Å². The number of Topliss-reactive ketones (excluding diaryl/α,β-unsaturated/α-hetero) is 3. The van der Waals surface area contributed by atoms with Gasteiger partial charge in [-0.1, -0.05) is 6.92 Å². The predicted octanol–water partition coefficient (Wildman–Crippen LogP) is 1.54. The lowest BCUT2D eigenvalue weighted by atomic mass is 9.77. The summed E-state index contributed by atoms with van der Waals surface area (Å²) in [5.74, 6) is -0.212. The summed E-state index contributed by atoms with van der Waals surface area (Å²) in [7, 11) is 0. The van der Waals surface area contributed by atoms with Crippen molar-refractivity contribution in [3.05, 3.63) is 0 Å². The van der Waals surface area contributed by atoms with Crippen molar-refractivity contribution in [1.29, 1.82) is 0 Å². The van der Waals surface area contributed by atoms with Crippen molar-refractivity contribution in [3.8, 4) is 0 Å². The second-order valence-corrected chi connectivity index (χ2v) is 3.87. The van der Waals surface area contributed by atoms with Crippen molar-refractivity contribution >= 4 is 17.3 Å². The Labute approximate surface area is 78.5 Å². The van der Waals surface area contributed by atoms with Crippen LogP contribution in [0, 0.1) is 5.41 Å². The standard InChI is InChI=1S/C10H16O3/c1-7(11)5-10(4,9(3)13)6-8(2)12/h5-6H2,1-4H3. The van der Waals surface area contributed by atoms with Crippen molar-refractivity contribution in [1.82, 2.24) is 0 Å². The minimum Gasteiger partial charge on any atom is -0.300 e. The fourth-order valence-electron chi connectivity index (χ4n) is 1.41. The molecule has 3 nitrogen and oxygen atoms in total. The molecule has 0 saturated carbocycles. The van der Waals surface area contributed by atoms with E-state index in [9.17, 15) is 14.4 Å². The van der Waals surface area contributed by atoms with Crippen LogP contribution in [0.2, 0.25) is 0 Å². The molecule has 0 aliphatic rings. The second-order valence-electron chi connectivity index (χ2n) is 3.87. The molecule has 0 aliphatic carbocycles. The van der Waals surface area contributed by atoms with Crippen molar-refractivity contribution in [2.45, 2.75) is 40.5 Å². The Morgan fingerprint density at radius 3 is 1.38 bits per heavy atom. The van der Waals surface area contributed by atoms with Gasteiger partial charge in [0.25, 0.3) is 0 Å². The Balaban J connectivity index is 4.62. The number of carbonyl (C=O) groups excluding carboxylic acids is 3. The first kappa shape index (κ1) is 12.0. The molecule has 0 spiro atoms. The van der Waals surface area contributed by atoms with Gasteiger partial charge < -0.3 is 0 Å². The highest BCUT2D eigenvalue weighted by Crippen LogP contribution is 2.27. The molecule has 0 aliphatic heterocycles. The SMILES string of the molecule is CC(=O)CC(C)(CC(C)=O)C(C)=O. The van der Waals surface area contributed by atoms with Crippen LogP contribution in [0.15, 0.2) is 0 Å². The number of carbonyl (C=O) groups is 3. The van der Waals surface area contributed by atoms with E-state index in [0.29, 0.717) is 0 Å². The molecule has 0 aromatic heterocycles. The normalized spacial score (nSPS) is 11.1. The van der Waals surface area contributed by atoms with E-state index in [0.717, 1.165) is 0 Å². The summed E-state index contributed by atoms with van der Waals surface area (Å²) in [5, 5.41) is 0. The predicted molar refractivity (Wildman–Crippen MR) is 49.4 cm³/mol. The molecule has 0 radical (unpaired) electrons. The lowest BCUT2D eigenvalue weighted by Gasteiger charge is -2.23. The molecule has 0 aromatic carbocycles. The average molecular weight is 184 g/mol. The van der Waals surface area contributed by atoms with Crippen LogP contribution in [-0.2, 0) is 14.4 Å². The number of rotatable bonds is 5. The number of ketones is 3. The maximum Gasteiger partial charge on any atom is 0.136 e. The number of hydrogen-bond donors (Lipinski definition) is 0. The third-order valence-electron chi connectivity index (χ3n) is 2.13. The summed E-state index contributed by atoms with van der Waals surface area (Å²) in [6.07, 6.45) is 0.309. The van der Waals surface area contributed by atoms with Gasteiger partial charge in [0.15, 0.2) is 0 Å². The molecule has 0 unspecified atom stereocenters. The van der Waals surface area contributed by atoms with Crippen LogP contribution in [0.4, 0.5) is 0 Å². The van der Waals surface area contributed by atoms with Crippen LogP contribution >= 0.6 is 0 Å². The molecule has 74 valence electrons. The molecule has 0 N–H and O–H groups in total. The Morgan fingerprint density at radius 2 is 1.23 bits per heavy atom. The van der Waals surface area contributed by atoms with E-state index in [-0.39, 0.29) is 30.2 Å². The highest BCUT2D eigenvalue weighted by Gasteiger charge is 2.32.